The van der Waals surface area contributed by atoms with Crippen LogP contribution in [-0.2, 0) is 9.53 Å². The predicted octanol–water partition coefficient (Wildman–Crippen LogP) is 3.18. The number of nitrogens with zero attached hydrogens (tertiary/aromatic N) is 3. The van der Waals surface area contributed by atoms with Crippen LogP contribution in [0.4, 0.5) is 10.5 Å². The fraction of sp³-hybridized carbons (Fsp3) is 0.609. The summed E-state index contributed by atoms with van der Waals surface area (Å²) in [6.07, 6.45) is 0.845. The lowest BCUT2D eigenvalue weighted by Gasteiger charge is -2.35. The van der Waals surface area contributed by atoms with Crippen molar-refractivity contribution < 1.29 is 19.1 Å². The highest BCUT2D eigenvalue weighted by Crippen LogP contribution is 2.27. The molecule has 3 rings (SSSR count). The molecule has 7 heteroatoms. The van der Waals surface area contributed by atoms with Crippen LogP contribution in [0.2, 0.25) is 0 Å². The number of likely N-dealkylation sites (tertiary alicyclic amines) is 2. The minimum absolute atomic E-state index is 0.101. The van der Waals surface area contributed by atoms with Gasteiger partial charge in [0.2, 0.25) is 5.91 Å². The molecule has 0 aliphatic carbocycles. The molecule has 1 aromatic rings. The summed E-state index contributed by atoms with van der Waals surface area (Å²) >= 11 is 0. The molecule has 2 aliphatic heterocycles. The SMILES string of the molecule is CC(=O)N(c1cccc(C(=O)CC2CN(C)C2)c1)C1CCN(C(=O)OC(C)(C)C)C1. The molecular formula is C23H33N3O4. The fourth-order valence-electron chi connectivity index (χ4n) is 4.26. The van der Waals surface area contributed by atoms with Gasteiger partial charge in [-0.15, -0.1) is 0 Å². The van der Waals surface area contributed by atoms with Crippen LogP contribution in [0, 0.1) is 5.92 Å². The van der Waals surface area contributed by atoms with E-state index in [1.165, 1.54) is 6.92 Å². The zero-order chi connectivity index (χ0) is 22.1. The molecule has 1 aromatic carbocycles. The van der Waals surface area contributed by atoms with Crippen LogP contribution in [0.3, 0.4) is 0 Å². The number of hydrogen-bond donors (Lipinski definition) is 0. The molecule has 1 atom stereocenters. The third kappa shape index (κ3) is 5.39. The van der Waals surface area contributed by atoms with Crippen molar-refractivity contribution in [2.45, 2.75) is 52.2 Å². The summed E-state index contributed by atoms with van der Waals surface area (Å²) in [5.41, 5.74) is 0.782. The first-order valence-corrected chi connectivity index (χ1v) is 10.6. The van der Waals surface area contributed by atoms with E-state index in [1.54, 1.807) is 9.80 Å². The van der Waals surface area contributed by atoms with E-state index in [4.69, 9.17) is 4.74 Å². The van der Waals surface area contributed by atoms with Crippen molar-refractivity contribution in [1.29, 1.82) is 0 Å². The summed E-state index contributed by atoms with van der Waals surface area (Å²) in [6.45, 7) is 9.90. The number of anilines is 1. The van der Waals surface area contributed by atoms with Crippen molar-refractivity contribution in [2.75, 3.05) is 38.1 Å². The average Bonchev–Trinajstić information content (AvgIpc) is 3.09. The highest BCUT2D eigenvalue weighted by Gasteiger charge is 2.35. The minimum Gasteiger partial charge on any atom is -0.444 e. The van der Waals surface area contributed by atoms with Gasteiger partial charge in [0.15, 0.2) is 5.78 Å². The molecule has 2 heterocycles. The monoisotopic (exact) mass is 415 g/mol. The second-order valence-corrected chi connectivity index (χ2v) is 9.52. The van der Waals surface area contributed by atoms with Crippen LogP contribution >= 0.6 is 0 Å². The maximum Gasteiger partial charge on any atom is 0.410 e. The van der Waals surface area contributed by atoms with Gasteiger partial charge in [0.05, 0.1) is 6.04 Å². The normalized spacial score (nSPS) is 20.0. The molecule has 1 unspecified atom stereocenters. The first kappa shape index (κ1) is 22.3. The van der Waals surface area contributed by atoms with Crippen molar-refractivity contribution in [2.24, 2.45) is 5.92 Å². The van der Waals surface area contributed by atoms with E-state index in [-0.39, 0.29) is 23.8 Å². The molecule has 2 amide bonds. The summed E-state index contributed by atoms with van der Waals surface area (Å²) in [4.78, 5) is 43.1. The quantitative estimate of drug-likeness (QED) is 0.691. The van der Waals surface area contributed by atoms with Gasteiger partial charge in [0.25, 0.3) is 0 Å². The van der Waals surface area contributed by atoms with E-state index >= 15 is 0 Å². The molecule has 0 bridgehead atoms. The van der Waals surface area contributed by atoms with Crippen LogP contribution in [-0.4, -0.2) is 72.5 Å². The lowest BCUT2D eigenvalue weighted by Crippen LogP contribution is -2.44. The van der Waals surface area contributed by atoms with Crippen LogP contribution in [0.5, 0.6) is 0 Å². The third-order valence-corrected chi connectivity index (χ3v) is 5.58. The van der Waals surface area contributed by atoms with Gasteiger partial charge in [0, 0.05) is 50.8 Å². The number of ether oxygens (including phenoxy) is 1. The highest BCUT2D eigenvalue weighted by molar-refractivity contribution is 5.99. The fourth-order valence-corrected chi connectivity index (χ4v) is 4.26. The van der Waals surface area contributed by atoms with E-state index in [0.29, 0.717) is 43.1 Å². The average molecular weight is 416 g/mol. The van der Waals surface area contributed by atoms with Gasteiger partial charge in [-0.05, 0) is 52.3 Å². The Bertz CT molecular complexity index is 811. The molecule has 2 fully saturated rings. The minimum atomic E-state index is -0.556. The van der Waals surface area contributed by atoms with E-state index in [9.17, 15) is 14.4 Å². The predicted molar refractivity (Wildman–Crippen MR) is 116 cm³/mol. The number of ketones is 1. The van der Waals surface area contributed by atoms with Crippen molar-refractivity contribution in [3.8, 4) is 0 Å². The number of rotatable bonds is 5. The molecule has 164 valence electrons. The van der Waals surface area contributed by atoms with Gasteiger partial charge in [-0.1, -0.05) is 12.1 Å². The Labute approximate surface area is 179 Å². The Hall–Kier alpha value is -2.41. The topological polar surface area (TPSA) is 70.2 Å². The molecule has 0 aromatic heterocycles. The molecule has 0 N–H and O–H groups in total. The molecule has 2 aliphatic rings. The molecule has 30 heavy (non-hydrogen) atoms. The van der Waals surface area contributed by atoms with Gasteiger partial charge in [-0.25, -0.2) is 4.79 Å². The van der Waals surface area contributed by atoms with Gasteiger partial charge in [-0.2, -0.15) is 0 Å². The lowest BCUT2D eigenvalue weighted by atomic mass is 9.92. The smallest absolute Gasteiger partial charge is 0.410 e. The summed E-state index contributed by atoms with van der Waals surface area (Å²) in [5, 5.41) is 0. The Morgan fingerprint density at radius 3 is 2.47 bits per heavy atom. The number of carbonyl (C=O) groups is 3. The largest absolute Gasteiger partial charge is 0.444 e. The molecule has 0 spiro atoms. The van der Waals surface area contributed by atoms with E-state index < -0.39 is 5.60 Å². The molecular weight excluding hydrogens is 382 g/mol. The van der Waals surface area contributed by atoms with Gasteiger partial charge < -0.3 is 19.4 Å². The molecule has 7 nitrogen and oxygen atoms in total. The summed E-state index contributed by atoms with van der Waals surface area (Å²) in [6, 6.07) is 7.16. The number of hydrogen-bond acceptors (Lipinski definition) is 5. The number of benzene rings is 1. The Morgan fingerprint density at radius 2 is 1.87 bits per heavy atom. The van der Waals surface area contributed by atoms with Crippen molar-refractivity contribution in [3.05, 3.63) is 29.8 Å². The van der Waals surface area contributed by atoms with E-state index in [1.807, 2.05) is 45.0 Å². The zero-order valence-electron chi connectivity index (χ0n) is 18.7. The van der Waals surface area contributed by atoms with Gasteiger partial charge in [0.1, 0.15) is 5.60 Å². The number of Topliss-reactive ketones (excluding diaryl/α,β-unsaturated/α-hetero) is 1. The molecule has 2 saturated heterocycles. The van der Waals surface area contributed by atoms with Gasteiger partial charge in [-0.3, -0.25) is 9.59 Å². The first-order chi connectivity index (χ1) is 14.0. The lowest BCUT2D eigenvalue weighted by molar-refractivity contribution is -0.117. The van der Waals surface area contributed by atoms with Crippen molar-refractivity contribution in [3.63, 3.8) is 0 Å². The van der Waals surface area contributed by atoms with Crippen molar-refractivity contribution in [1.82, 2.24) is 9.80 Å². The maximum atomic E-state index is 12.7. The van der Waals surface area contributed by atoms with Crippen LogP contribution in [0.15, 0.2) is 24.3 Å². The van der Waals surface area contributed by atoms with Crippen LogP contribution in [0.1, 0.15) is 50.9 Å². The second-order valence-electron chi connectivity index (χ2n) is 9.52. The third-order valence-electron chi connectivity index (χ3n) is 5.58. The van der Waals surface area contributed by atoms with Crippen molar-refractivity contribution >= 4 is 23.5 Å². The summed E-state index contributed by atoms with van der Waals surface area (Å²) in [7, 11) is 2.05. The Kier molecular flexibility index (Phi) is 6.50. The molecule has 0 saturated carbocycles. The molecule has 0 radical (unpaired) electrons. The second kappa shape index (κ2) is 8.76. The first-order valence-electron chi connectivity index (χ1n) is 10.6. The number of carbonyl (C=O) groups excluding carboxylic acids is 3. The maximum absolute atomic E-state index is 12.7. The Morgan fingerprint density at radius 1 is 1.17 bits per heavy atom. The summed E-state index contributed by atoms with van der Waals surface area (Å²) < 4.78 is 5.46. The van der Waals surface area contributed by atoms with Crippen LogP contribution < -0.4 is 4.90 Å². The number of amides is 2. The van der Waals surface area contributed by atoms with Crippen LogP contribution in [0.25, 0.3) is 0 Å². The standard InChI is InChI=1S/C23H33N3O4/c1-16(27)26(20-9-10-25(15-20)22(29)30-23(2,3)4)19-8-6-7-18(12-19)21(28)11-17-13-24(5)14-17/h6-8,12,17,20H,9-11,13-15H2,1-5H3. The van der Waals surface area contributed by atoms with E-state index in [2.05, 4.69) is 11.9 Å². The highest BCUT2D eigenvalue weighted by atomic mass is 16.6. The Balaban J connectivity index is 1.70. The zero-order valence-corrected chi connectivity index (χ0v) is 18.7. The van der Waals surface area contributed by atoms with E-state index in [0.717, 1.165) is 13.1 Å². The summed E-state index contributed by atoms with van der Waals surface area (Å²) in [5.74, 6) is 0.420. The van der Waals surface area contributed by atoms with Gasteiger partial charge >= 0.3 is 6.09 Å².